The number of nitrogens with one attached hydrogen (secondary N) is 1. The van der Waals surface area contributed by atoms with Gasteiger partial charge >= 0.3 is 6.18 Å². The molecule has 1 aliphatic carbocycles. The Balaban J connectivity index is 1.83. The van der Waals surface area contributed by atoms with Gasteiger partial charge in [0, 0.05) is 21.7 Å². The second-order valence-corrected chi connectivity index (χ2v) is 12.6. The van der Waals surface area contributed by atoms with Crippen molar-refractivity contribution in [1.82, 2.24) is 14.5 Å². The fraction of sp³-hybridized carbons (Fsp3) is 0.400. The molecule has 0 aliphatic heterocycles. The first-order chi connectivity index (χ1) is 17.5. The van der Waals surface area contributed by atoms with Gasteiger partial charge in [-0.1, -0.05) is 0 Å². The summed E-state index contributed by atoms with van der Waals surface area (Å²) in [7, 11) is -3.32. The summed E-state index contributed by atoms with van der Waals surface area (Å²) < 4.78 is 104. The van der Waals surface area contributed by atoms with E-state index in [4.69, 9.17) is 4.74 Å². The van der Waals surface area contributed by atoms with E-state index in [-0.39, 0.29) is 16.0 Å². The van der Waals surface area contributed by atoms with Crippen LogP contribution in [0.25, 0.3) is 11.3 Å². The number of rotatable bonds is 7. The molecule has 1 N–H and O–H groups in total. The molecule has 0 unspecified atom stereocenters. The Kier molecular flexibility index (Phi) is 7.43. The lowest BCUT2D eigenvalue weighted by Crippen LogP contribution is -2.31. The van der Waals surface area contributed by atoms with E-state index in [1.165, 1.54) is 6.20 Å². The monoisotopic (exact) mass is 621 g/mol. The highest BCUT2D eigenvalue weighted by atomic mass is 79.9. The second kappa shape index (κ2) is 9.91. The Labute approximate surface area is 225 Å². The number of halogens is 6. The van der Waals surface area contributed by atoms with Gasteiger partial charge in [0.15, 0.2) is 11.6 Å². The van der Waals surface area contributed by atoms with Gasteiger partial charge in [0.25, 0.3) is 0 Å². The Hall–Kier alpha value is -2.51. The number of ether oxygens (including phenoxy) is 1. The zero-order valence-corrected chi connectivity index (χ0v) is 23.2. The van der Waals surface area contributed by atoms with E-state index in [1.54, 1.807) is 4.68 Å². The molecule has 6 nitrogen and oxygen atoms in total. The molecular weight excluding hydrogens is 597 g/mol. The van der Waals surface area contributed by atoms with E-state index < -0.39 is 55.6 Å². The van der Waals surface area contributed by atoms with Crippen molar-refractivity contribution in [3.63, 3.8) is 0 Å². The molecule has 1 aromatic heterocycles. The van der Waals surface area contributed by atoms with Crippen molar-refractivity contribution in [3.05, 3.63) is 63.8 Å². The molecule has 3 aromatic rings. The number of methoxy groups -OCH3 is 1. The summed E-state index contributed by atoms with van der Waals surface area (Å²) in [5.41, 5.74) is -0.641. The van der Waals surface area contributed by atoms with Crippen LogP contribution in [0.3, 0.4) is 0 Å². The predicted octanol–water partition coefficient (Wildman–Crippen LogP) is 6.80. The lowest BCUT2D eigenvalue weighted by molar-refractivity contribution is -0.138. The Morgan fingerprint density at radius 3 is 2.29 bits per heavy atom. The van der Waals surface area contributed by atoms with Crippen LogP contribution in [0.15, 0.2) is 45.9 Å². The molecule has 1 fully saturated rings. The van der Waals surface area contributed by atoms with Gasteiger partial charge in [-0.15, -0.1) is 0 Å². The Morgan fingerprint density at radius 1 is 1.11 bits per heavy atom. The first-order valence-electron chi connectivity index (χ1n) is 11.6. The molecule has 4 rings (SSSR count). The number of aromatic nitrogens is 2. The lowest BCUT2D eigenvalue weighted by atomic mass is 9.98. The van der Waals surface area contributed by atoms with E-state index >= 15 is 0 Å². The number of hydrogen-bond acceptors (Lipinski definition) is 4. The third-order valence-corrected chi connectivity index (χ3v) is 8.29. The van der Waals surface area contributed by atoms with E-state index in [1.807, 2.05) is 20.8 Å². The maximum absolute atomic E-state index is 14.3. The number of sulfonamides is 1. The van der Waals surface area contributed by atoms with Crippen molar-refractivity contribution in [2.75, 3.05) is 7.11 Å². The molecule has 13 heteroatoms. The molecule has 38 heavy (non-hydrogen) atoms. The molecule has 0 bridgehead atoms. The van der Waals surface area contributed by atoms with E-state index in [0.717, 1.165) is 31.4 Å². The highest BCUT2D eigenvalue weighted by molar-refractivity contribution is 9.10. The number of hydrogen-bond donors (Lipinski definition) is 1. The minimum absolute atomic E-state index is 0.137. The van der Waals surface area contributed by atoms with Crippen molar-refractivity contribution in [3.8, 4) is 17.0 Å². The van der Waals surface area contributed by atoms with Crippen LogP contribution in [0.5, 0.6) is 5.75 Å². The van der Waals surface area contributed by atoms with Crippen LogP contribution in [0, 0.1) is 17.6 Å². The molecule has 1 atom stereocenters. The van der Waals surface area contributed by atoms with Crippen LogP contribution in [0.2, 0.25) is 0 Å². The fourth-order valence-corrected chi connectivity index (χ4v) is 6.02. The fourth-order valence-electron chi connectivity index (χ4n) is 4.22. The first kappa shape index (κ1) is 28.5. The van der Waals surface area contributed by atoms with Crippen molar-refractivity contribution >= 4 is 26.0 Å². The molecule has 0 spiro atoms. The van der Waals surface area contributed by atoms with Gasteiger partial charge in [-0.2, -0.15) is 18.3 Å². The summed E-state index contributed by atoms with van der Waals surface area (Å²) in [6, 6.07) is 3.50. The summed E-state index contributed by atoms with van der Waals surface area (Å²) in [6.45, 7) is 5.56. The van der Waals surface area contributed by atoms with Gasteiger partial charge in [0.2, 0.25) is 10.0 Å². The van der Waals surface area contributed by atoms with Crippen molar-refractivity contribution in [1.29, 1.82) is 0 Å². The van der Waals surface area contributed by atoms with Crippen LogP contribution in [-0.4, -0.2) is 25.3 Å². The zero-order chi connectivity index (χ0) is 28.2. The van der Waals surface area contributed by atoms with Gasteiger partial charge in [-0.25, -0.2) is 21.9 Å². The third-order valence-electron chi connectivity index (χ3n) is 6.20. The van der Waals surface area contributed by atoms with Crippen molar-refractivity contribution in [2.45, 2.75) is 56.3 Å². The van der Waals surface area contributed by atoms with Crippen LogP contribution in [-0.2, 0) is 21.7 Å². The summed E-state index contributed by atoms with van der Waals surface area (Å²) in [5, 5.41) is 4.46. The van der Waals surface area contributed by atoms with Gasteiger partial charge in [-0.05, 0) is 79.7 Å². The van der Waals surface area contributed by atoms with Crippen LogP contribution >= 0.6 is 15.9 Å². The first-order valence-corrected chi connectivity index (χ1v) is 13.8. The topological polar surface area (TPSA) is 73.2 Å². The predicted molar refractivity (Wildman–Crippen MR) is 134 cm³/mol. The summed E-state index contributed by atoms with van der Waals surface area (Å²) in [5.74, 6) is -2.91. The van der Waals surface area contributed by atoms with Gasteiger partial charge < -0.3 is 4.74 Å². The number of benzene rings is 2. The molecule has 2 aromatic carbocycles. The van der Waals surface area contributed by atoms with Crippen molar-refractivity contribution < 1.29 is 35.1 Å². The van der Waals surface area contributed by atoms with Crippen LogP contribution in [0.1, 0.15) is 50.8 Å². The minimum Gasteiger partial charge on any atom is -0.496 e. The largest absolute Gasteiger partial charge is 0.496 e. The molecule has 206 valence electrons. The summed E-state index contributed by atoms with van der Waals surface area (Å²) in [4.78, 5) is -0.410. The molecule has 0 radical (unpaired) electrons. The van der Waals surface area contributed by atoms with Gasteiger partial charge in [0.05, 0.1) is 41.0 Å². The highest BCUT2D eigenvalue weighted by Crippen LogP contribution is 2.47. The molecule has 0 saturated heterocycles. The van der Waals surface area contributed by atoms with E-state index in [9.17, 15) is 30.4 Å². The number of alkyl halides is 3. The van der Waals surface area contributed by atoms with Crippen LogP contribution in [0.4, 0.5) is 22.0 Å². The maximum Gasteiger partial charge on any atom is 0.419 e. The van der Waals surface area contributed by atoms with Gasteiger partial charge in [0.1, 0.15) is 5.75 Å². The SMILES string of the molecule is COc1cc(S(=O)(=O)N[C@@H](c2cnn(C(C)(C)C)c2-c2cc(F)c(F)cc2Br)C2CC2)ccc1C(F)(F)F. The smallest absolute Gasteiger partial charge is 0.419 e. The van der Waals surface area contributed by atoms with Crippen LogP contribution < -0.4 is 9.46 Å². The quantitative estimate of drug-likeness (QED) is 0.232. The van der Waals surface area contributed by atoms with E-state index in [0.29, 0.717) is 30.2 Å². The lowest BCUT2D eigenvalue weighted by Gasteiger charge is -2.26. The maximum atomic E-state index is 14.3. The molecule has 1 saturated carbocycles. The third kappa shape index (κ3) is 5.59. The highest BCUT2D eigenvalue weighted by Gasteiger charge is 2.40. The van der Waals surface area contributed by atoms with Crippen molar-refractivity contribution in [2.24, 2.45) is 5.92 Å². The molecule has 0 amide bonds. The Morgan fingerprint density at radius 2 is 1.74 bits per heavy atom. The average Bonchev–Trinajstić information content (AvgIpc) is 3.55. The number of nitrogens with zero attached hydrogens (tertiary/aromatic N) is 2. The summed E-state index contributed by atoms with van der Waals surface area (Å²) >= 11 is 3.28. The normalized spacial score (nSPS) is 15.5. The van der Waals surface area contributed by atoms with Gasteiger partial charge in [-0.3, -0.25) is 4.68 Å². The summed E-state index contributed by atoms with van der Waals surface area (Å²) in [6.07, 6.45) is -1.88. The molecular formula is C25H25BrF5N3O3S. The second-order valence-electron chi connectivity index (χ2n) is 10.1. The zero-order valence-electron chi connectivity index (χ0n) is 20.8. The Bertz CT molecular complexity index is 1480. The molecule has 1 heterocycles. The average molecular weight is 622 g/mol. The van der Waals surface area contributed by atoms with E-state index in [2.05, 4.69) is 25.8 Å². The standard InChI is InChI=1S/C25H25BrF5N3O3S/c1-24(2,3)34-23(15-10-19(27)20(28)11-18(15)26)16(12-32-34)22(13-5-6-13)33-38(35,36)14-7-8-17(25(29,30)31)21(9-14)37-4/h7-13,22,33H,5-6H2,1-4H3/t22-/m1/s1. The molecule has 1 aliphatic rings. The minimum atomic E-state index is -4.73.